The van der Waals surface area contributed by atoms with E-state index < -0.39 is 0 Å². The second-order valence-corrected chi connectivity index (χ2v) is 5.92. The van der Waals surface area contributed by atoms with Crippen molar-refractivity contribution in [1.29, 1.82) is 0 Å². The van der Waals surface area contributed by atoms with E-state index in [1.165, 1.54) is 0 Å². The summed E-state index contributed by atoms with van der Waals surface area (Å²) in [6.07, 6.45) is 2.15. The summed E-state index contributed by atoms with van der Waals surface area (Å²) >= 11 is 0. The van der Waals surface area contributed by atoms with Gasteiger partial charge in [-0.05, 0) is 45.1 Å². The van der Waals surface area contributed by atoms with Gasteiger partial charge in [-0.25, -0.2) is 4.98 Å². The number of hydrogen-bond donors (Lipinski definition) is 0. The van der Waals surface area contributed by atoms with Gasteiger partial charge in [0.1, 0.15) is 5.69 Å². The Morgan fingerprint density at radius 1 is 1.05 bits per heavy atom. The van der Waals surface area contributed by atoms with Gasteiger partial charge in [-0.3, -0.25) is 0 Å². The van der Waals surface area contributed by atoms with Crippen molar-refractivity contribution in [2.24, 2.45) is 0 Å². The molecule has 0 bridgehead atoms. The van der Waals surface area contributed by atoms with Crippen LogP contribution in [0.1, 0.15) is 24.7 Å². The van der Waals surface area contributed by atoms with E-state index in [9.17, 15) is 0 Å². The predicted octanol–water partition coefficient (Wildman–Crippen LogP) is 3.09. The van der Waals surface area contributed by atoms with Gasteiger partial charge in [0.05, 0.1) is 5.52 Å². The van der Waals surface area contributed by atoms with Crippen molar-refractivity contribution >= 4 is 10.9 Å². The Morgan fingerprint density at radius 2 is 1.86 bits per heavy atom. The molecule has 0 saturated carbocycles. The van der Waals surface area contributed by atoms with E-state index in [4.69, 9.17) is 4.52 Å². The summed E-state index contributed by atoms with van der Waals surface area (Å²) in [6, 6.07) is 12.0. The third kappa shape index (κ3) is 2.48. The van der Waals surface area contributed by atoms with E-state index in [1.807, 2.05) is 36.4 Å². The van der Waals surface area contributed by atoms with Crippen molar-refractivity contribution < 1.29 is 4.52 Å². The second-order valence-electron chi connectivity index (χ2n) is 5.92. The molecule has 3 aromatic rings. The quantitative estimate of drug-likeness (QED) is 0.727. The number of aromatic nitrogens is 3. The van der Waals surface area contributed by atoms with Gasteiger partial charge in [-0.15, -0.1) is 0 Å². The van der Waals surface area contributed by atoms with Gasteiger partial charge >= 0.3 is 0 Å². The zero-order valence-corrected chi connectivity index (χ0v) is 12.6. The van der Waals surface area contributed by atoms with Gasteiger partial charge in [0.2, 0.25) is 11.7 Å². The Balaban J connectivity index is 1.62. The highest BCUT2D eigenvalue weighted by Crippen LogP contribution is 2.28. The van der Waals surface area contributed by atoms with Crippen molar-refractivity contribution in [3.05, 3.63) is 42.3 Å². The van der Waals surface area contributed by atoms with Crippen LogP contribution in [0.4, 0.5) is 0 Å². The third-order valence-electron chi connectivity index (χ3n) is 4.34. The molecule has 1 aliphatic rings. The van der Waals surface area contributed by atoms with Crippen LogP contribution < -0.4 is 0 Å². The van der Waals surface area contributed by atoms with Crippen LogP contribution in [0.3, 0.4) is 0 Å². The number of hydrogen-bond acceptors (Lipinski definition) is 5. The van der Waals surface area contributed by atoms with E-state index in [-0.39, 0.29) is 0 Å². The molecule has 1 aliphatic heterocycles. The van der Waals surface area contributed by atoms with E-state index in [2.05, 4.69) is 27.1 Å². The molecule has 5 heteroatoms. The summed E-state index contributed by atoms with van der Waals surface area (Å²) in [5.74, 6) is 1.70. The summed E-state index contributed by atoms with van der Waals surface area (Å²) in [5.41, 5.74) is 1.72. The van der Waals surface area contributed by atoms with Crippen molar-refractivity contribution in [3.8, 4) is 11.5 Å². The molecule has 3 heterocycles. The summed E-state index contributed by atoms with van der Waals surface area (Å²) < 4.78 is 5.49. The lowest BCUT2D eigenvalue weighted by Gasteiger charge is -2.26. The Kier molecular flexibility index (Phi) is 3.35. The number of para-hydroxylation sites is 1. The van der Waals surface area contributed by atoms with Crippen LogP contribution in [0.25, 0.3) is 22.4 Å². The molecule has 1 aromatic carbocycles. The maximum absolute atomic E-state index is 5.49. The fraction of sp³-hybridized carbons (Fsp3) is 0.353. The van der Waals surface area contributed by atoms with E-state index in [1.54, 1.807) is 0 Å². The zero-order valence-electron chi connectivity index (χ0n) is 12.6. The minimum atomic E-state index is 0.373. The highest BCUT2D eigenvalue weighted by molar-refractivity contribution is 5.80. The van der Waals surface area contributed by atoms with Gasteiger partial charge in [-0.2, -0.15) is 4.98 Å². The van der Waals surface area contributed by atoms with Crippen LogP contribution in [0, 0.1) is 0 Å². The molecular weight excluding hydrogens is 276 g/mol. The van der Waals surface area contributed by atoms with Crippen LogP contribution >= 0.6 is 0 Å². The molecule has 1 fully saturated rings. The van der Waals surface area contributed by atoms with Crippen LogP contribution in [-0.4, -0.2) is 40.2 Å². The fourth-order valence-electron chi connectivity index (χ4n) is 2.95. The molecular formula is C17H18N4O. The molecule has 112 valence electrons. The van der Waals surface area contributed by atoms with Crippen molar-refractivity contribution in [1.82, 2.24) is 20.0 Å². The molecule has 0 spiro atoms. The minimum Gasteiger partial charge on any atom is -0.339 e. The first-order chi connectivity index (χ1) is 10.8. The highest BCUT2D eigenvalue weighted by atomic mass is 16.5. The van der Waals surface area contributed by atoms with E-state index in [0.29, 0.717) is 11.7 Å². The molecule has 5 nitrogen and oxygen atoms in total. The average molecular weight is 294 g/mol. The molecule has 22 heavy (non-hydrogen) atoms. The number of pyridine rings is 1. The molecule has 0 aliphatic carbocycles. The molecule has 0 atom stereocenters. The van der Waals surface area contributed by atoms with Crippen LogP contribution in [0.2, 0.25) is 0 Å². The zero-order chi connectivity index (χ0) is 14.9. The van der Waals surface area contributed by atoms with Gasteiger partial charge in [-0.1, -0.05) is 29.4 Å². The molecule has 1 saturated heterocycles. The Labute approximate surface area is 129 Å². The van der Waals surface area contributed by atoms with Crippen molar-refractivity contribution in [2.45, 2.75) is 18.8 Å². The Morgan fingerprint density at radius 3 is 2.73 bits per heavy atom. The summed E-state index contributed by atoms with van der Waals surface area (Å²) in [7, 11) is 2.15. The Hall–Kier alpha value is -2.27. The maximum Gasteiger partial charge on any atom is 0.230 e. The lowest BCUT2D eigenvalue weighted by molar-refractivity contribution is 0.227. The SMILES string of the molecule is CN1CCC(c2nc(-c3ccc4ccccc4n3)no2)CC1. The lowest BCUT2D eigenvalue weighted by atomic mass is 9.97. The summed E-state index contributed by atoms with van der Waals surface area (Å²) in [5, 5.41) is 5.24. The fourth-order valence-corrected chi connectivity index (χ4v) is 2.95. The normalized spacial score (nSPS) is 17.1. The maximum atomic E-state index is 5.49. The summed E-state index contributed by atoms with van der Waals surface area (Å²) in [6.45, 7) is 2.16. The molecule has 0 radical (unpaired) electrons. The van der Waals surface area contributed by atoms with Crippen LogP contribution in [0.5, 0.6) is 0 Å². The molecule has 4 rings (SSSR count). The van der Waals surface area contributed by atoms with Gasteiger partial charge < -0.3 is 9.42 Å². The first kappa shape index (κ1) is 13.4. The number of benzene rings is 1. The predicted molar refractivity (Wildman–Crippen MR) is 84.5 cm³/mol. The second kappa shape index (κ2) is 5.50. The third-order valence-corrected chi connectivity index (χ3v) is 4.34. The molecule has 0 amide bonds. The number of fused-ring (bicyclic) bond motifs is 1. The number of likely N-dealkylation sites (tertiary alicyclic amines) is 1. The van der Waals surface area contributed by atoms with Crippen molar-refractivity contribution in [3.63, 3.8) is 0 Å². The molecule has 0 N–H and O–H groups in total. The number of nitrogens with zero attached hydrogens (tertiary/aromatic N) is 4. The molecule has 2 aromatic heterocycles. The van der Waals surface area contributed by atoms with Gasteiger partial charge in [0.15, 0.2) is 0 Å². The first-order valence-corrected chi connectivity index (χ1v) is 7.68. The minimum absolute atomic E-state index is 0.373. The number of piperidine rings is 1. The average Bonchev–Trinajstić information content (AvgIpc) is 3.05. The summed E-state index contributed by atoms with van der Waals surface area (Å²) in [4.78, 5) is 11.5. The first-order valence-electron chi connectivity index (χ1n) is 7.68. The van der Waals surface area contributed by atoms with Crippen LogP contribution in [0.15, 0.2) is 40.9 Å². The topological polar surface area (TPSA) is 55.1 Å². The monoisotopic (exact) mass is 294 g/mol. The smallest absolute Gasteiger partial charge is 0.230 e. The highest BCUT2D eigenvalue weighted by Gasteiger charge is 2.24. The van der Waals surface area contributed by atoms with E-state index in [0.717, 1.165) is 48.4 Å². The van der Waals surface area contributed by atoms with Crippen molar-refractivity contribution in [2.75, 3.05) is 20.1 Å². The Bertz CT molecular complexity index is 790. The molecule has 0 unspecified atom stereocenters. The van der Waals surface area contributed by atoms with Gasteiger partial charge in [0, 0.05) is 11.3 Å². The standard InChI is InChI=1S/C17H18N4O/c1-21-10-8-13(9-11-21)17-19-16(20-22-17)15-7-6-12-4-2-3-5-14(12)18-15/h2-7,13H,8-11H2,1H3. The van der Waals surface area contributed by atoms with Gasteiger partial charge in [0.25, 0.3) is 0 Å². The van der Waals surface area contributed by atoms with Crippen LogP contribution in [-0.2, 0) is 0 Å². The number of rotatable bonds is 2. The largest absolute Gasteiger partial charge is 0.339 e. The lowest BCUT2D eigenvalue weighted by Crippen LogP contribution is -2.29. The van der Waals surface area contributed by atoms with E-state index >= 15 is 0 Å².